The molecule has 0 saturated heterocycles. The fourth-order valence-electron chi connectivity index (χ4n) is 4.31. The fourth-order valence-corrected chi connectivity index (χ4v) is 4.31. The van der Waals surface area contributed by atoms with Crippen molar-refractivity contribution in [1.29, 1.82) is 0 Å². The minimum Gasteiger partial charge on any atom is -0.450 e. The number of rotatable bonds is 7. The lowest BCUT2D eigenvalue weighted by Gasteiger charge is -2.28. The maximum Gasteiger partial charge on any atom is 0.290 e. The van der Waals surface area contributed by atoms with Crippen molar-refractivity contribution in [3.63, 3.8) is 0 Å². The van der Waals surface area contributed by atoms with Crippen LogP contribution >= 0.6 is 0 Å². The van der Waals surface area contributed by atoms with Crippen molar-refractivity contribution in [2.45, 2.75) is 26.8 Å². The van der Waals surface area contributed by atoms with Crippen molar-refractivity contribution in [2.24, 2.45) is 0 Å². The van der Waals surface area contributed by atoms with E-state index < -0.39 is 11.0 Å². The smallest absolute Gasteiger partial charge is 0.290 e. The second kappa shape index (κ2) is 8.55. The van der Waals surface area contributed by atoms with Crippen LogP contribution in [-0.2, 0) is 0 Å². The molecule has 1 unspecified atom stereocenters. The molecule has 1 amide bonds. The molecule has 1 aliphatic heterocycles. The molecule has 0 fully saturated rings. The lowest BCUT2D eigenvalue weighted by molar-refractivity contribution is -0.384. The molecule has 32 heavy (non-hydrogen) atoms. The average Bonchev–Trinajstić information content (AvgIpc) is 3.07. The zero-order valence-corrected chi connectivity index (χ0v) is 18.3. The summed E-state index contributed by atoms with van der Waals surface area (Å²) < 4.78 is 5.93. The molecule has 1 atom stereocenters. The molecule has 0 radical (unpaired) electrons. The summed E-state index contributed by atoms with van der Waals surface area (Å²) in [4.78, 5) is 41.6. The van der Waals surface area contributed by atoms with Crippen molar-refractivity contribution in [3.8, 4) is 0 Å². The van der Waals surface area contributed by atoms with Gasteiger partial charge in [-0.25, -0.2) is 0 Å². The maximum atomic E-state index is 13.5. The zero-order chi connectivity index (χ0) is 23.0. The number of nitro groups is 1. The van der Waals surface area contributed by atoms with Gasteiger partial charge >= 0.3 is 0 Å². The first kappa shape index (κ1) is 21.7. The molecule has 1 aliphatic rings. The van der Waals surface area contributed by atoms with Crippen molar-refractivity contribution in [2.75, 3.05) is 26.2 Å². The van der Waals surface area contributed by atoms with Gasteiger partial charge in [0.1, 0.15) is 5.58 Å². The van der Waals surface area contributed by atoms with Gasteiger partial charge in [0.2, 0.25) is 5.76 Å². The Morgan fingerprint density at radius 2 is 1.88 bits per heavy atom. The van der Waals surface area contributed by atoms with E-state index >= 15 is 0 Å². The van der Waals surface area contributed by atoms with Crippen LogP contribution in [0.15, 0.2) is 51.7 Å². The van der Waals surface area contributed by atoms with Gasteiger partial charge in [0.05, 0.1) is 21.9 Å². The van der Waals surface area contributed by atoms with Gasteiger partial charge in [0.25, 0.3) is 11.6 Å². The second-order valence-corrected chi connectivity index (χ2v) is 7.95. The molecule has 2 aromatic carbocycles. The first-order valence-corrected chi connectivity index (χ1v) is 10.7. The first-order valence-electron chi connectivity index (χ1n) is 10.7. The summed E-state index contributed by atoms with van der Waals surface area (Å²) >= 11 is 0. The van der Waals surface area contributed by atoms with E-state index in [0.29, 0.717) is 29.6 Å². The second-order valence-electron chi connectivity index (χ2n) is 7.95. The molecule has 8 heteroatoms. The third-order valence-electron chi connectivity index (χ3n) is 6.07. The van der Waals surface area contributed by atoms with Crippen LogP contribution in [0.4, 0.5) is 5.69 Å². The van der Waals surface area contributed by atoms with Gasteiger partial charge in [-0.3, -0.25) is 19.7 Å². The summed E-state index contributed by atoms with van der Waals surface area (Å²) in [5.41, 5.74) is 1.65. The monoisotopic (exact) mass is 435 g/mol. The van der Waals surface area contributed by atoms with Crippen LogP contribution in [0.2, 0.25) is 0 Å². The Bertz CT molecular complexity index is 1260. The molecule has 0 spiro atoms. The SMILES string of the molecule is CCN(CC)CCN1C(=O)c2oc3ccc(C)cc3c(=O)c2C1c1cccc([N+](=O)[O-])c1. The van der Waals surface area contributed by atoms with E-state index in [1.165, 1.54) is 12.1 Å². The first-order chi connectivity index (χ1) is 15.3. The fraction of sp³-hybridized carbons (Fsp3) is 0.333. The third-order valence-corrected chi connectivity index (χ3v) is 6.07. The normalized spacial score (nSPS) is 15.6. The molecule has 1 aromatic heterocycles. The third kappa shape index (κ3) is 3.67. The van der Waals surface area contributed by atoms with Gasteiger partial charge in [-0.1, -0.05) is 37.6 Å². The number of nitrogens with zero attached hydrogens (tertiary/aromatic N) is 3. The summed E-state index contributed by atoms with van der Waals surface area (Å²) in [7, 11) is 0. The minimum absolute atomic E-state index is 0.0161. The number of aryl methyl sites for hydroxylation is 1. The molecule has 0 bridgehead atoms. The topological polar surface area (TPSA) is 96.9 Å². The van der Waals surface area contributed by atoms with Gasteiger partial charge in [-0.15, -0.1) is 0 Å². The number of carbonyl (C=O) groups excluding carboxylic acids is 1. The van der Waals surface area contributed by atoms with E-state index in [9.17, 15) is 19.7 Å². The van der Waals surface area contributed by atoms with Crippen LogP contribution in [0.3, 0.4) is 0 Å². The number of fused-ring (bicyclic) bond motifs is 2. The van der Waals surface area contributed by atoms with Crippen LogP contribution in [0, 0.1) is 17.0 Å². The number of hydrogen-bond donors (Lipinski definition) is 0. The van der Waals surface area contributed by atoms with E-state index in [2.05, 4.69) is 4.90 Å². The van der Waals surface area contributed by atoms with Gasteiger partial charge in [-0.05, 0) is 37.7 Å². The number of likely N-dealkylation sites (N-methyl/N-ethyl adjacent to an activating group) is 1. The number of benzene rings is 2. The van der Waals surface area contributed by atoms with Gasteiger partial charge in [0.15, 0.2) is 5.43 Å². The maximum absolute atomic E-state index is 13.5. The number of carbonyl (C=O) groups is 1. The summed E-state index contributed by atoms with van der Waals surface area (Å²) in [5.74, 6) is -0.356. The number of amides is 1. The highest BCUT2D eigenvalue weighted by atomic mass is 16.6. The summed E-state index contributed by atoms with van der Waals surface area (Å²) in [6.07, 6.45) is 0. The van der Waals surface area contributed by atoms with E-state index in [-0.39, 0.29) is 28.3 Å². The standard InChI is InChI=1S/C24H25N3O5/c1-4-25(5-2)11-12-26-21(16-7-6-8-17(14-16)27(30)31)20-22(28)18-13-15(3)9-10-19(18)32-23(20)24(26)29/h6-10,13-14,21H,4-5,11-12H2,1-3H3. The molecule has 4 rings (SSSR count). The number of nitro benzene ring substituents is 1. The predicted octanol–water partition coefficient (Wildman–Crippen LogP) is 3.90. The molecule has 2 heterocycles. The lowest BCUT2D eigenvalue weighted by atomic mass is 9.97. The molecular formula is C24H25N3O5. The molecule has 3 aromatic rings. The van der Waals surface area contributed by atoms with E-state index in [0.717, 1.165) is 18.7 Å². The highest BCUT2D eigenvalue weighted by molar-refractivity contribution is 5.99. The van der Waals surface area contributed by atoms with E-state index in [4.69, 9.17) is 4.42 Å². The summed E-state index contributed by atoms with van der Waals surface area (Å²) in [6.45, 7) is 8.61. The Kier molecular flexibility index (Phi) is 5.80. The Labute approximate surface area is 185 Å². The lowest BCUT2D eigenvalue weighted by Crippen LogP contribution is -2.37. The minimum atomic E-state index is -0.742. The van der Waals surface area contributed by atoms with Crippen molar-refractivity contribution in [1.82, 2.24) is 9.80 Å². The van der Waals surface area contributed by atoms with Gasteiger partial charge in [0, 0.05) is 25.2 Å². The Hall–Kier alpha value is -3.52. The van der Waals surface area contributed by atoms with Crippen LogP contribution in [-0.4, -0.2) is 46.8 Å². The quantitative estimate of drug-likeness (QED) is 0.412. The van der Waals surface area contributed by atoms with Crippen LogP contribution in [0.25, 0.3) is 11.0 Å². The zero-order valence-electron chi connectivity index (χ0n) is 18.3. The van der Waals surface area contributed by atoms with Crippen LogP contribution in [0.1, 0.15) is 47.1 Å². The highest BCUT2D eigenvalue weighted by Gasteiger charge is 2.43. The molecule has 0 N–H and O–H groups in total. The largest absolute Gasteiger partial charge is 0.450 e. The Morgan fingerprint density at radius 3 is 2.56 bits per heavy atom. The molecule has 0 saturated carbocycles. The van der Waals surface area contributed by atoms with Crippen molar-refractivity contribution >= 4 is 22.6 Å². The van der Waals surface area contributed by atoms with Crippen molar-refractivity contribution in [3.05, 3.63) is 85.3 Å². The van der Waals surface area contributed by atoms with Crippen LogP contribution in [0.5, 0.6) is 0 Å². The Morgan fingerprint density at radius 1 is 1.12 bits per heavy atom. The van der Waals surface area contributed by atoms with Crippen molar-refractivity contribution < 1.29 is 14.1 Å². The number of non-ortho nitro benzene ring substituents is 1. The average molecular weight is 435 g/mol. The predicted molar refractivity (Wildman–Crippen MR) is 121 cm³/mol. The Balaban J connectivity index is 1.90. The molecule has 8 nitrogen and oxygen atoms in total. The van der Waals surface area contributed by atoms with Gasteiger partial charge < -0.3 is 14.2 Å². The summed E-state index contributed by atoms with van der Waals surface area (Å²) in [5, 5.41) is 11.8. The molecular weight excluding hydrogens is 410 g/mol. The van der Waals surface area contributed by atoms with E-state index in [1.807, 2.05) is 26.8 Å². The van der Waals surface area contributed by atoms with Crippen LogP contribution < -0.4 is 5.43 Å². The molecule has 0 aliphatic carbocycles. The highest BCUT2D eigenvalue weighted by Crippen LogP contribution is 2.38. The summed E-state index contributed by atoms with van der Waals surface area (Å²) in [6, 6.07) is 10.6. The van der Waals surface area contributed by atoms with E-state index in [1.54, 1.807) is 29.2 Å². The molecule has 166 valence electrons. The number of hydrogen-bond acceptors (Lipinski definition) is 6. The van der Waals surface area contributed by atoms with Gasteiger partial charge in [-0.2, -0.15) is 0 Å².